The Bertz CT molecular complexity index is 1380. The molecule has 4 atom stereocenters. The summed E-state index contributed by atoms with van der Waals surface area (Å²) in [5, 5.41) is 16.8. The molecule has 1 aromatic carbocycles. The number of hydrogen-bond donors (Lipinski definition) is 10. The van der Waals surface area contributed by atoms with Gasteiger partial charge in [-0.2, -0.15) is 0 Å². The Labute approximate surface area is 291 Å². The van der Waals surface area contributed by atoms with Gasteiger partial charge in [-0.05, 0) is 51.5 Å². The van der Waals surface area contributed by atoms with Crippen LogP contribution in [0.25, 0.3) is 0 Å². The molecule has 0 aliphatic rings. The smallest absolute Gasteiger partial charge is 0.303 e. The van der Waals surface area contributed by atoms with Gasteiger partial charge in [0.15, 0.2) is 11.9 Å². The van der Waals surface area contributed by atoms with Crippen molar-refractivity contribution >= 4 is 47.4 Å². The van der Waals surface area contributed by atoms with Gasteiger partial charge in [0.1, 0.15) is 23.7 Å². The lowest BCUT2D eigenvalue weighted by atomic mass is 9.98. The lowest BCUT2D eigenvalue weighted by Crippen LogP contribution is -2.63. The van der Waals surface area contributed by atoms with Gasteiger partial charge in [-0.15, -0.1) is 0 Å². The maximum atomic E-state index is 13.8. The number of nitrogens with two attached hydrogens (primary N) is 6. The first kappa shape index (κ1) is 42.6. The lowest BCUT2D eigenvalue weighted by Gasteiger charge is -2.37. The predicted octanol–water partition coefficient (Wildman–Crippen LogP) is -3.29. The minimum Gasteiger partial charge on any atom is -0.481 e. The highest BCUT2D eigenvalue weighted by atomic mass is 16.4. The third-order valence-electron chi connectivity index (χ3n) is 7.80. The minimum atomic E-state index is -1.60. The fourth-order valence-electron chi connectivity index (χ4n) is 4.56. The van der Waals surface area contributed by atoms with Crippen LogP contribution in [0.1, 0.15) is 57.9 Å². The molecule has 278 valence electrons. The normalized spacial score (nSPS) is 13.4. The summed E-state index contributed by atoms with van der Waals surface area (Å²) in [5.41, 5.74) is 32.2. The van der Waals surface area contributed by atoms with E-state index < -0.39 is 65.2 Å². The van der Waals surface area contributed by atoms with Crippen LogP contribution >= 0.6 is 0 Å². The predicted molar refractivity (Wildman–Crippen MR) is 187 cm³/mol. The molecule has 19 heteroatoms. The zero-order valence-corrected chi connectivity index (χ0v) is 28.8. The quantitative estimate of drug-likeness (QED) is 0.0322. The molecule has 0 spiro atoms. The molecule has 0 aliphatic heterocycles. The largest absolute Gasteiger partial charge is 0.481 e. The molecule has 0 heterocycles. The highest BCUT2D eigenvalue weighted by Gasteiger charge is 2.40. The average molecular weight is 705 g/mol. The number of carbonyl (C=O) groups excluding carboxylic acids is 5. The Balaban J connectivity index is 3.23. The first-order chi connectivity index (χ1) is 23.4. The average Bonchev–Trinajstić information content (AvgIpc) is 3.05. The second kappa shape index (κ2) is 20.8. The van der Waals surface area contributed by atoms with Crippen LogP contribution in [0.15, 0.2) is 40.3 Å². The number of nitrogens with one attached hydrogen (secondary N) is 3. The summed E-state index contributed by atoms with van der Waals surface area (Å²) in [4.78, 5) is 85.9. The van der Waals surface area contributed by atoms with Gasteiger partial charge in [0.25, 0.3) is 0 Å². The number of nitrogens with zero attached hydrogens (tertiary/aromatic N) is 3. The molecule has 19 nitrogen and oxygen atoms in total. The summed E-state index contributed by atoms with van der Waals surface area (Å²) in [7, 11) is 1.35. The number of aliphatic imine (C=N–C) groups is 2. The molecule has 50 heavy (non-hydrogen) atoms. The number of benzene rings is 1. The third kappa shape index (κ3) is 15.2. The first-order valence-electron chi connectivity index (χ1n) is 16.0. The van der Waals surface area contributed by atoms with Crippen LogP contribution < -0.4 is 50.4 Å². The van der Waals surface area contributed by atoms with Crippen molar-refractivity contribution in [3.8, 4) is 0 Å². The van der Waals surface area contributed by atoms with Gasteiger partial charge in [-0.3, -0.25) is 38.8 Å². The second-order valence-corrected chi connectivity index (χ2v) is 12.1. The molecular formula is C31H52N12O7. The molecule has 0 unspecified atom stereocenters. The van der Waals surface area contributed by atoms with E-state index in [0.717, 1.165) is 10.5 Å². The SMILES string of the molecule is CN(C(=O)[C@H](CCCN=C(N)N)NC(=O)[C@@H](N)CCC(=O)O)C(C)(C)C(=O)N[C@@H](CCCN=C(N)N)C(=O)N[C@@H](Cc1ccccc1)C(N)=O. The Morgan fingerprint density at radius 3 is 1.80 bits per heavy atom. The molecule has 0 saturated heterocycles. The second-order valence-electron chi connectivity index (χ2n) is 12.1. The third-order valence-corrected chi connectivity index (χ3v) is 7.80. The van der Waals surface area contributed by atoms with E-state index in [9.17, 15) is 28.8 Å². The van der Waals surface area contributed by atoms with Gasteiger partial charge >= 0.3 is 5.97 Å². The maximum Gasteiger partial charge on any atom is 0.303 e. The highest BCUT2D eigenvalue weighted by molar-refractivity contribution is 5.97. The fourth-order valence-corrected chi connectivity index (χ4v) is 4.56. The topological polar surface area (TPSA) is 343 Å². The Morgan fingerprint density at radius 1 is 0.780 bits per heavy atom. The lowest BCUT2D eigenvalue weighted by molar-refractivity contribution is -0.147. The number of carboxylic acid groups (broad SMARTS) is 1. The van der Waals surface area contributed by atoms with Gasteiger partial charge in [0.2, 0.25) is 29.5 Å². The number of amides is 5. The van der Waals surface area contributed by atoms with Crippen molar-refractivity contribution in [1.82, 2.24) is 20.9 Å². The van der Waals surface area contributed by atoms with Gasteiger partial charge in [0.05, 0.1) is 6.04 Å². The molecule has 0 saturated carbocycles. The van der Waals surface area contributed by atoms with Crippen molar-refractivity contribution in [2.75, 3.05) is 20.1 Å². The molecule has 0 aliphatic carbocycles. The summed E-state index contributed by atoms with van der Waals surface area (Å²) in [6.07, 6.45) is 0.179. The summed E-state index contributed by atoms with van der Waals surface area (Å²) in [6.45, 7) is 3.15. The van der Waals surface area contributed by atoms with Crippen LogP contribution in [0.5, 0.6) is 0 Å². The van der Waals surface area contributed by atoms with E-state index in [2.05, 4.69) is 25.9 Å². The van der Waals surface area contributed by atoms with E-state index >= 15 is 0 Å². The molecule has 16 N–H and O–H groups in total. The summed E-state index contributed by atoms with van der Waals surface area (Å²) < 4.78 is 0. The van der Waals surface area contributed by atoms with Gasteiger partial charge in [0, 0.05) is 33.0 Å². The number of likely N-dealkylation sites (N-methyl/N-ethyl adjacent to an activating group) is 1. The number of hydrogen-bond acceptors (Lipinski definition) is 9. The standard InChI is InChI=1S/C31H52N12O7/c1-31(2,43(3)27(49)21(12-8-16-39-30(36)37)40-25(47)19(32)13-14-23(44)45)28(50)42-20(11-7-15-38-29(34)35)26(48)41-22(24(33)46)17-18-9-5-4-6-10-18/h4-6,9-10,19-22H,7-8,11-17,32H2,1-3H3,(H2,33,46)(H,40,47)(H,41,48)(H,42,50)(H,44,45)(H4,34,35,38)(H4,36,37,39)/t19-,20-,21-,22-/m0/s1. The van der Waals surface area contributed by atoms with E-state index in [-0.39, 0.29) is 70.0 Å². The monoisotopic (exact) mass is 704 g/mol. The molecule has 0 bridgehead atoms. The van der Waals surface area contributed by atoms with Crippen LogP contribution in [0, 0.1) is 0 Å². The summed E-state index contributed by atoms with van der Waals surface area (Å²) in [5.74, 6) is -5.13. The molecule has 5 amide bonds. The van der Waals surface area contributed by atoms with Gasteiger partial charge in [-0.1, -0.05) is 30.3 Å². The van der Waals surface area contributed by atoms with Crippen molar-refractivity contribution in [3.63, 3.8) is 0 Å². The maximum absolute atomic E-state index is 13.8. The minimum absolute atomic E-state index is 0.0424. The Hall–Kier alpha value is -5.46. The van der Waals surface area contributed by atoms with Crippen LogP contribution in [-0.2, 0) is 35.2 Å². The van der Waals surface area contributed by atoms with E-state index in [1.54, 1.807) is 30.3 Å². The van der Waals surface area contributed by atoms with Crippen LogP contribution in [0.4, 0.5) is 0 Å². The number of primary amides is 1. The Morgan fingerprint density at radius 2 is 1.30 bits per heavy atom. The van der Waals surface area contributed by atoms with Crippen molar-refractivity contribution in [2.24, 2.45) is 44.4 Å². The van der Waals surface area contributed by atoms with Crippen LogP contribution in [0.2, 0.25) is 0 Å². The number of carbonyl (C=O) groups is 6. The van der Waals surface area contributed by atoms with Crippen molar-refractivity contribution in [1.29, 1.82) is 0 Å². The van der Waals surface area contributed by atoms with E-state index in [1.807, 2.05) is 0 Å². The highest BCUT2D eigenvalue weighted by Crippen LogP contribution is 2.17. The molecule has 1 aromatic rings. The van der Waals surface area contributed by atoms with E-state index in [4.69, 9.17) is 39.5 Å². The van der Waals surface area contributed by atoms with Crippen LogP contribution in [0.3, 0.4) is 0 Å². The van der Waals surface area contributed by atoms with Gasteiger partial charge in [-0.25, -0.2) is 0 Å². The molecule has 0 fully saturated rings. The van der Waals surface area contributed by atoms with E-state index in [1.165, 1.54) is 20.9 Å². The number of rotatable bonds is 22. The molecule has 0 radical (unpaired) electrons. The molecular weight excluding hydrogens is 652 g/mol. The first-order valence-corrected chi connectivity index (χ1v) is 16.0. The Kier molecular flexibility index (Phi) is 17.7. The van der Waals surface area contributed by atoms with Gasteiger partial charge < -0.3 is 60.4 Å². The van der Waals surface area contributed by atoms with E-state index in [0.29, 0.717) is 0 Å². The van der Waals surface area contributed by atoms with Crippen molar-refractivity contribution in [2.45, 2.75) is 88.5 Å². The van der Waals surface area contributed by atoms with Crippen molar-refractivity contribution in [3.05, 3.63) is 35.9 Å². The zero-order chi connectivity index (χ0) is 38.0. The zero-order valence-electron chi connectivity index (χ0n) is 28.8. The number of guanidine groups is 2. The summed E-state index contributed by atoms with van der Waals surface area (Å²) >= 11 is 0. The van der Waals surface area contributed by atoms with Crippen LogP contribution in [-0.4, -0.2) is 107 Å². The summed E-state index contributed by atoms with van der Waals surface area (Å²) in [6, 6.07) is 4.18. The number of carboxylic acids is 1. The number of aliphatic carboxylic acids is 1. The van der Waals surface area contributed by atoms with Crippen molar-refractivity contribution < 1.29 is 33.9 Å². The fraction of sp³-hybridized carbons (Fsp3) is 0.548. The molecule has 1 rings (SSSR count). The molecule has 0 aromatic heterocycles.